The third-order valence-electron chi connectivity index (χ3n) is 12.3. The quantitative estimate of drug-likeness (QED) is 0.0763. The van der Waals surface area contributed by atoms with E-state index in [0.717, 1.165) is 77.1 Å². The molecule has 4 aromatic carbocycles. The van der Waals surface area contributed by atoms with Crippen LogP contribution >= 0.6 is 0 Å². The predicted octanol–water partition coefficient (Wildman–Crippen LogP) is 13.5. The van der Waals surface area contributed by atoms with E-state index in [-0.39, 0.29) is 18.2 Å². The summed E-state index contributed by atoms with van der Waals surface area (Å²) in [6.45, 7) is 8.48. The molecule has 1 fully saturated rings. The molecule has 0 aliphatic heterocycles. The molecule has 1 unspecified atom stereocenters. The van der Waals surface area contributed by atoms with Crippen LogP contribution in [0, 0.1) is 11.8 Å². The van der Waals surface area contributed by atoms with Crippen LogP contribution < -0.4 is 14.7 Å². The maximum atomic E-state index is 14.7. The van der Waals surface area contributed by atoms with Gasteiger partial charge in [0.15, 0.2) is 0 Å². The van der Waals surface area contributed by atoms with Crippen molar-refractivity contribution < 1.29 is 9.59 Å². The Morgan fingerprint density at radius 1 is 0.617 bits per heavy atom. The Balaban J connectivity index is 1.13. The Morgan fingerprint density at radius 3 is 1.72 bits per heavy atom. The van der Waals surface area contributed by atoms with Crippen LogP contribution in [0.4, 0.5) is 28.4 Å². The number of para-hydroxylation sites is 2. The van der Waals surface area contributed by atoms with Crippen molar-refractivity contribution in [3.05, 3.63) is 127 Å². The standard InChI is InChI=1S/C53H63N5O2/c1-4-6-15-33-56(34-16-7-5-2)45-28-30-46(31-29-45)57(48-36-43-19-11-13-21-50(43)54-38-48)52(59)32-23-40(3)53(60)58(49-37-44-20-12-14-22-51(44)55-39-49)47-26-24-42(25-27-47)35-41-17-9-8-10-18-41/h11-14,19-22,24-31,36-41H,4-10,15-18,23,32-35H2,1-3H3. The lowest BCUT2D eigenvalue weighted by Crippen LogP contribution is -2.33. The zero-order valence-electron chi connectivity index (χ0n) is 36.1. The number of hydrogen-bond donors (Lipinski definition) is 0. The lowest BCUT2D eigenvalue weighted by Gasteiger charge is -2.28. The van der Waals surface area contributed by atoms with E-state index in [4.69, 9.17) is 9.97 Å². The van der Waals surface area contributed by atoms with E-state index < -0.39 is 5.92 Å². The van der Waals surface area contributed by atoms with Crippen LogP contribution in [0.1, 0.15) is 110 Å². The van der Waals surface area contributed by atoms with Crippen LogP contribution in [0.25, 0.3) is 21.8 Å². The molecule has 0 bridgehead atoms. The van der Waals surface area contributed by atoms with E-state index in [0.29, 0.717) is 12.1 Å². The third kappa shape index (κ3) is 10.8. The lowest BCUT2D eigenvalue weighted by atomic mass is 9.85. The van der Waals surface area contributed by atoms with Crippen molar-refractivity contribution in [2.45, 2.75) is 111 Å². The molecule has 0 spiro atoms. The summed E-state index contributed by atoms with van der Waals surface area (Å²) in [4.78, 5) is 44.9. The summed E-state index contributed by atoms with van der Waals surface area (Å²) < 4.78 is 0. The summed E-state index contributed by atoms with van der Waals surface area (Å²) in [6, 6.07) is 37.0. The van der Waals surface area contributed by atoms with Crippen molar-refractivity contribution in [1.29, 1.82) is 0 Å². The molecule has 0 radical (unpaired) electrons. The average molecular weight is 802 g/mol. The molecule has 1 aliphatic carbocycles. The molecular formula is C53H63N5O2. The first kappa shape index (κ1) is 42.6. The number of carbonyl (C=O) groups excluding carboxylic acids is 2. The van der Waals surface area contributed by atoms with Gasteiger partial charge in [0.05, 0.1) is 34.8 Å². The SMILES string of the molecule is CCCCCN(CCCCC)c1ccc(N(C(=O)CCC(C)C(=O)N(c2ccc(CC3CCCCC3)cc2)c2cnc3ccccc3c2)c2cnc3ccccc3c2)cc1. The Morgan fingerprint density at radius 2 is 1.13 bits per heavy atom. The van der Waals surface area contributed by atoms with Crippen molar-refractivity contribution in [1.82, 2.24) is 9.97 Å². The summed E-state index contributed by atoms with van der Waals surface area (Å²) >= 11 is 0. The largest absolute Gasteiger partial charge is 0.372 e. The predicted molar refractivity (Wildman–Crippen MR) is 251 cm³/mol. The van der Waals surface area contributed by atoms with Gasteiger partial charge in [0.1, 0.15) is 0 Å². The topological polar surface area (TPSA) is 69.6 Å². The second-order valence-corrected chi connectivity index (χ2v) is 16.9. The van der Waals surface area contributed by atoms with Gasteiger partial charge in [-0.05, 0) is 97.8 Å². The molecule has 1 saturated carbocycles. The van der Waals surface area contributed by atoms with E-state index in [1.54, 1.807) is 22.2 Å². The fourth-order valence-corrected chi connectivity index (χ4v) is 8.79. The van der Waals surface area contributed by atoms with Gasteiger partial charge in [-0.15, -0.1) is 0 Å². The average Bonchev–Trinajstić information content (AvgIpc) is 3.29. The second kappa shape index (κ2) is 21.1. The Bertz CT molecular complexity index is 2290. The molecule has 312 valence electrons. The number of amides is 2. The van der Waals surface area contributed by atoms with Crippen LogP contribution in [0.5, 0.6) is 0 Å². The minimum Gasteiger partial charge on any atom is -0.372 e. The first-order chi connectivity index (χ1) is 29.4. The number of rotatable bonds is 19. The number of nitrogens with zero attached hydrogens (tertiary/aromatic N) is 5. The van der Waals surface area contributed by atoms with E-state index >= 15 is 0 Å². The first-order valence-corrected chi connectivity index (χ1v) is 22.7. The maximum Gasteiger partial charge on any atom is 0.234 e. The van der Waals surface area contributed by atoms with Crippen molar-refractivity contribution in [2.75, 3.05) is 27.8 Å². The van der Waals surface area contributed by atoms with E-state index in [2.05, 4.69) is 67.3 Å². The Labute approximate surface area is 357 Å². The molecule has 2 amide bonds. The number of aromatic nitrogens is 2. The minimum atomic E-state index is -0.443. The maximum absolute atomic E-state index is 14.7. The van der Waals surface area contributed by atoms with Crippen LogP contribution in [0.15, 0.2) is 122 Å². The fraction of sp³-hybridized carbons (Fsp3) is 0.396. The highest BCUT2D eigenvalue weighted by Crippen LogP contribution is 2.34. The molecule has 2 heterocycles. The van der Waals surface area contributed by atoms with Gasteiger partial charge in [-0.1, -0.05) is 127 Å². The van der Waals surface area contributed by atoms with Crippen LogP contribution in [0.3, 0.4) is 0 Å². The van der Waals surface area contributed by atoms with Gasteiger partial charge in [0, 0.05) is 53.3 Å². The fourth-order valence-electron chi connectivity index (χ4n) is 8.79. The summed E-state index contributed by atoms with van der Waals surface area (Å²) in [5, 5.41) is 1.94. The zero-order valence-corrected chi connectivity index (χ0v) is 36.1. The van der Waals surface area contributed by atoms with E-state index in [1.165, 1.54) is 69.0 Å². The zero-order chi connectivity index (χ0) is 41.7. The lowest BCUT2D eigenvalue weighted by molar-refractivity contribution is -0.122. The third-order valence-corrected chi connectivity index (χ3v) is 12.3. The van der Waals surface area contributed by atoms with Crippen molar-refractivity contribution >= 4 is 62.1 Å². The smallest absolute Gasteiger partial charge is 0.234 e. The van der Waals surface area contributed by atoms with Crippen LogP contribution in [0.2, 0.25) is 0 Å². The molecule has 1 atom stereocenters. The molecule has 6 aromatic rings. The number of unbranched alkanes of at least 4 members (excludes halogenated alkanes) is 4. The van der Waals surface area contributed by atoms with Crippen molar-refractivity contribution in [2.24, 2.45) is 11.8 Å². The van der Waals surface area contributed by atoms with E-state index in [9.17, 15) is 9.59 Å². The van der Waals surface area contributed by atoms with Gasteiger partial charge in [0.25, 0.3) is 0 Å². The molecule has 7 nitrogen and oxygen atoms in total. The molecular weight excluding hydrogens is 739 g/mol. The molecule has 0 saturated heterocycles. The Hall–Kier alpha value is -5.56. The number of pyridine rings is 2. The normalized spacial score (nSPS) is 13.7. The molecule has 60 heavy (non-hydrogen) atoms. The highest BCUT2D eigenvalue weighted by molar-refractivity contribution is 6.04. The van der Waals surface area contributed by atoms with Crippen molar-refractivity contribution in [3.63, 3.8) is 0 Å². The van der Waals surface area contributed by atoms with Crippen molar-refractivity contribution in [3.8, 4) is 0 Å². The van der Waals surface area contributed by atoms with E-state index in [1.807, 2.05) is 67.6 Å². The van der Waals surface area contributed by atoms with Crippen LogP contribution in [-0.2, 0) is 16.0 Å². The monoisotopic (exact) mass is 801 g/mol. The summed E-state index contributed by atoms with van der Waals surface area (Å²) in [5.41, 5.74) is 7.29. The van der Waals surface area contributed by atoms with Gasteiger partial charge >= 0.3 is 0 Å². The minimum absolute atomic E-state index is 0.0607. The van der Waals surface area contributed by atoms with Gasteiger partial charge in [-0.3, -0.25) is 29.4 Å². The second-order valence-electron chi connectivity index (χ2n) is 16.9. The van der Waals surface area contributed by atoms with Crippen LogP contribution in [-0.4, -0.2) is 34.9 Å². The molecule has 0 N–H and O–H groups in total. The molecule has 2 aromatic heterocycles. The summed E-state index contributed by atoms with van der Waals surface area (Å²) in [5.74, 6) is 0.150. The number of fused-ring (bicyclic) bond motifs is 2. The van der Waals surface area contributed by atoms with Gasteiger partial charge < -0.3 is 4.90 Å². The molecule has 7 heteroatoms. The number of anilines is 5. The highest BCUT2D eigenvalue weighted by Gasteiger charge is 2.27. The van der Waals surface area contributed by atoms with Gasteiger partial charge in [-0.25, -0.2) is 0 Å². The number of carbonyl (C=O) groups is 2. The molecule has 7 rings (SSSR count). The first-order valence-electron chi connectivity index (χ1n) is 22.7. The summed E-state index contributed by atoms with van der Waals surface area (Å²) in [7, 11) is 0. The number of hydrogen-bond acceptors (Lipinski definition) is 5. The summed E-state index contributed by atoms with van der Waals surface area (Å²) in [6.07, 6.45) is 18.9. The highest BCUT2D eigenvalue weighted by atomic mass is 16.2. The van der Waals surface area contributed by atoms with Gasteiger partial charge in [0.2, 0.25) is 11.8 Å². The Kier molecular flexibility index (Phi) is 15.0. The van der Waals surface area contributed by atoms with Gasteiger partial charge in [-0.2, -0.15) is 0 Å². The number of benzene rings is 4. The molecule has 1 aliphatic rings.